The summed E-state index contributed by atoms with van der Waals surface area (Å²) in [7, 11) is 0. The van der Waals surface area contributed by atoms with Crippen LogP contribution in [0.15, 0.2) is 12.2 Å². The van der Waals surface area contributed by atoms with Gasteiger partial charge in [-0.3, -0.25) is 0 Å². The lowest BCUT2D eigenvalue weighted by molar-refractivity contribution is -0.102. The van der Waals surface area contributed by atoms with Gasteiger partial charge in [0.05, 0.1) is 6.10 Å². The van der Waals surface area contributed by atoms with Gasteiger partial charge < -0.3 is 4.74 Å². The summed E-state index contributed by atoms with van der Waals surface area (Å²) in [4.78, 5) is 0. The third-order valence-corrected chi connectivity index (χ3v) is 11.4. The maximum Gasteiger partial charge on any atom is 0.101 e. The maximum atomic E-state index is 6.85. The molecule has 5 aliphatic rings. The highest BCUT2D eigenvalue weighted by molar-refractivity contribution is 5.26. The molecule has 0 aromatic heterocycles. The van der Waals surface area contributed by atoms with Gasteiger partial charge in [0.2, 0.25) is 0 Å². The molecule has 1 heterocycles. The minimum atomic E-state index is 0.277. The van der Waals surface area contributed by atoms with E-state index in [1.165, 1.54) is 57.8 Å². The number of hydrogen-bond donors (Lipinski definition) is 0. The lowest BCUT2D eigenvalue weighted by Crippen LogP contribution is -2.58. The number of fused-ring (bicyclic) bond motifs is 3. The SMILES string of the molecule is CC(C)[C@@H](C)/C=C/[C@@H](C)[C@@H]1CC[C@@H]2[C@]1(C)CC[C@H]1[C@]3(C)CCCC[C@@H]3C[C@H]3O[C@]231. The highest BCUT2D eigenvalue weighted by atomic mass is 16.6. The van der Waals surface area contributed by atoms with Crippen LogP contribution in [0.25, 0.3) is 0 Å². The number of allylic oxidation sites excluding steroid dienone is 2. The largest absolute Gasteiger partial charge is 0.365 e. The lowest BCUT2D eigenvalue weighted by Gasteiger charge is -2.59. The van der Waals surface area contributed by atoms with Gasteiger partial charge in [-0.1, -0.05) is 66.5 Å². The van der Waals surface area contributed by atoms with Crippen LogP contribution >= 0.6 is 0 Å². The molecule has 5 rings (SSSR count). The zero-order chi connectivity index (χ0) is 20.6. The summed E-state index contributed by atoms with van der Waals surface area (Å²) < 4.78 is 6.85. The lowest BCUT2D eigenvalue weighted by atomic mass is 9.44. The molecule has 29 heavy (non-hydrogen) atoms. The van der Waals surface area contributed by atoms with E-state index in [0.717, 1.165) is 29.6 Å². The summed E-state index contributed by atoms with van der Waals surface area (Å²) in [6, 6.07) is 0. The molecular formula is C28H46O. The van der Waals surface area contributed by atoms with Crippen LogP contribution in [-0.4, -0.2) is 11.7 Å². The van der Waals surface area contributed by atoms with Gasteiger partial charge in [-0.2, -0.15) is 0 Å². The standard InChI is InChI=1S/C28H46O/c1-18(2)19(3)10-11-20(4)22-12-13-23-27(22,6)16-14-24-26(5)15-8-7-9-21(26)17-25-28(23,24)29-25/h10-11,18-25H,7-9,12-17H2,1-6H3/b11-10+/t19-,20+,21+,22-,23+,24-,25+,26+,27+,28-/m0/s1. The highest BCUT2D eigenvalue weighted by Gasteiger charge is 2.78. The summed E-state index contributed by atoms with van der Waals surface area (Å²) in [6.07, 6.45) is 18.7. The Bertz CT molecular complexity index is 665. The van der Waals surface area contributed by atoms with Gasteiger partial charge in [0.15, 0.2) is 0 Å². The van der Waals surface area contributed by atoms with Crippen molar-refractivity contribution in [1.29, 1.82) is 0 Å². The third-order valence-electron chi connectivity index (χ3n) is 11.4. The van der Waals surface area contributed by atoms with Crippen LogP contribution in [0.5, 0.6) is 0 Å². The summed E-state index contributed by atoms with van der Waals surface area (Å²) >= 11 is 0. The molecule has 1 nitrogen and oxygen atoms in total. The average molecular weight is 399 g/mol. The van der Waals surface area contributed by atoms with Crippen molar-refractivity contribution in [3.63, 3.8) is 0 Å². The highest BCUT2D eigenvalue weighted by Crippen LogP contribution is 2.76. The summed E-state index contributed by atoms with van der Waals surface area (Å²) in [5.74, 6) is 5.60. The predicted octanol–water partition coefficient (Wildman–Crippen LogP) is 7.65. The predicted molar refractivity (Wildman–Crippen MR) is 122 cm³/mol. The number of epoxide rings is 1. The minimum absolute atomic E-state index is 0.277. The molecule has 0 unspecified atom stereocenters. The van der Waals surface area contributed by atoms with Gasteiger partial charge in [-0.05, 0) is 97.2 Å². The maximum absolute atomic E-state index is 6.85. The molecule has 4 saturated carbocycles. The topological polar surface area (TPSA) is 12.5 Å². The van der Waals surface area contributed by atoms with Crippen LogP contribution < -0.4 is 0 Å². The zero-order valence-electron chi connectivity index (χ0n) is 20.0. The molecule has 4 aliphatic carbocycles. The van der Waals surface area contributed by atoms with Gasteiger partial charge in [0, 0.05) is 0 Å². The quantitative estimate of drug-likeness (QED) is 0.350. The molecule has 1 aliphatic heterocycles. The summed E-state index contributed by atoms with van der Waals surface area (Å²) in [6.45, 7) is 14.9. The Morgan fingerprint density at radius 2 is 1.59 bits per heavy atom. The Morgan fingerprint density at radius 1 is 0.828 bits per heavy atom. The monoisotopic (exact) mass is 398 g/mol. The number of hydrogen-bond acceptors (Lipinski definition) is 1. The van der Waals surface area contributed by atoms with Crippen LogP contribution in [0, 0.1) is 52.3 Å². The van der Waals surface area contributed by atoms with Crippen LogP contribution in [0.1, 0.15) is 99.3 Å². The van der Waals surface area contributed by atoms with E-state index in [-0.39, 0.29) is 5.60 Å². The Balaban J connectivity index is 1.39. The van der Waals surface area contributed by atoms with E-state index in [4.69, 9.17) is 4.74 Å². The van der Waals surface area contributed by atoms with Crippen molar-refractivity contribution >= 4 is 0 Å². The zero-order valence-corrected chi connectivity index (χ0v) is 20.0. The molecule has 1 spiro atoms. The van der Waals surface area contributed by atoms with Crippen molar-refractivity contribution in [2.45, 2.75) is 111 Å². The molecule has 10 atom stereocenters. The van der Waals surface area contributed by atoms with Gasteiger partial charge in [0.25, 0.3) is 0 Å². The first-order chi connectivity index (χ1) is 13.7. The minimum Gasteiger partial charge on any atom is -0.365 e. The van der Waals surface area contributed by atoms with Gasteiger partial charge in [-0.25, -0.2) is 0 Å². The van der Waals surface area contributed by atoms with E-state index in [0.29, 0.717) is 28.8 Å². The fourth-order valence-corrected chi connectivity index (χ4v) is 9.30. The second-order valence-electron chi connectivity index (χ2n) is 12.8. The van der Waals surface area contributed by atoms with Crippen molar-refractivity contribution in [3.05, 3.63) is 12.2 Å². The van der Waals surface area contributed by atoms with Crippen LogP contribution in [-0.2, 0) is 4.74 Å². The first kappa shape index (κ1) is 20.6. The molecule has 0 aromatic carbocycles. The smallest absolute Gasteiger partial charge is 0.101 e. The van der Waals surface area contributed by atoms with Gasteiger partial charge in [-0.15, -0.1) is 0 Å². The number of ether oxygens (including phenoxy) is 1. The Labute approximate surface area is 180 Å². The average Bonchev–Trinajstić information content (AvgIpc) is 3.26. The van der Waals surface area contributed by atoms with Crippen LogP contribution in [0.3, 0.4) is 0 Å². The first-order valence-electron chi connectivity index (χ1n) is 13.1. The molecule has 0 bridgehead atoms. The first-order valence-corrected chi connectivity index (χ1v) is 13.1. The van der Waals surface area contributed by atoms with Crippen molar-refractivity contribution in [2.75, 3.05) is 0 Å². The Morgan fingerprint density at radius 3 is 2.34 bits per heavy atom. The van der Waals surface area contributed by atoms with E-state index in [2.05, 4.69) is 53.7 Å². The van der Waals surface area contributed by atoms with Crippen LogP contribution in [0.2, 0.25) is 0 Å². The summed E-state index contributed by atoms with van der Waals surface area (Å²) in [5.41, 5.74) is 1.34. The van der Waals surface area contributed by atoms with Crippen molar-refractivity contribution in [1.82, 2.24) is 0 Å². The molecule has 164 valence electrons. The van der Waals surface area contributed by atoms with Crippen LogP contribution in [0.4, 0.5) is 0 Å². The van der Waals surface area contributed by atoms with E-state index < -0.39 is 0 Å². The molecule has 0 aromatic rings. The summed E-state index contributed by atoms with van der Waals surface area (Å²) in [5, 5.41) is 0. The van der Waals surface area contributed by atoms with Gasteiger partial charge >= 0.3 is 0 Å². The molecule has 5 fully saturated rings. The van der Waals surface area contributed by atoms with E-state index >= 15 is 0 Å². The van der Waals surface area contributed by atoms with Gasteiger partial charge in [0.1, 0.15) is 5.60 Å². The molecule has 0 N–H and O–H groups in total. The molecular weight excluding hydrogens is 352 g/mol. The van der Waals surface area contributed by atoms with Crippen molar-refractivity contribution in [3.8, 4) is 0 Å². The molecule has 1 saturated heterocycles. The fourth-order valence-electron chi connectivity index (χ4n) is 9.30. The van der Waals surface area contributed by atoms with E-state index in [1.807, 2.05) is 0 Å². The second-order valence-corrected chi connectivity index (χ2v) is 12.8. The van der Waals surface area contributed by atoms with E-state index in [1.54, 1.807) is 0 Å². The molecule has 1 heteroatoms. The third kappa shape index (κ3) is 2.81. The molecule has 0 radical (unpaired) electrons. The fraction of sp³-hybridized carbons (Fsp3) is 0.929. The normalized spacial score (nSPS) is 53.1. The Kier molecular flexibility index (Phi) is 4.86. The van der Waals surface area contributed by atoms with Crippen molar-refractivity contribution in [2.24, 2.45) is 52.3 Å². The number of rotatable bonds is 4. The Hall–Kier alpha value is -0.300. The second kappa shape index (κ2) is 6.85. The molecule has 0 amide bonds. The van der Waals surface area contributed by atoms with E-state index in [9.17, 15) is 0 Å². The van der Waals surface area contributed by atoms with Crippen molar-refractivity contribution < 1.29 is 4.74 Å².